The average molecular weight is 444 g/mol. The van der Waals surface area contributed by atoms with Crippen molar-refractivity contribution in [2.45, 2.75) is 13.3 Å². The molecule has 1 N–H and O–H groups in total. The number of hydrogen-bond donors (Lipinski definition) is 1. The van der Waals surface area contributed by atoms with Crippen LogP contribution in [0.4, 0.5) is 5.69 Å². The van der Waals surface area contributed by atoms with Gasteiger partial charge in [0.1, 0.15) is 5.75 Å². The van der Waals surface area contributed by atoms with Crippen LogP contribution in [0.5, 0.6) is 11.5 Å². The number of nitrogens with one attached hydrogen (secondary N) is 1. The number of carbonyl (C=O) groups excluding carboxylic acids is 2. The van der Waals surface area contributed by atoms with E-state index in [1.807, 2.05) is 90.7 Å². The SMILES string of the molecule is Cc1ccccc1CC(=O)N1CCN(CC(=O)Nc2ccccc2Oc2ccccc2)CC1. The molecule has 6 nitrogen and oxygen atoms in total. The lowest BCUT2D eigenvalue weighted by Gasteiger charge is -2.34. The third-order valence-corrected chi connectivity index (χ3v) is 5.83. The number of ether oxygens (including phenoxy) is 1. The summed E-state index contributed by atoms with van der Waals surface area (Å²) in [6.07, 6.45) is 0.422. The Kier molecular flexibility index (Phi) is 7.37. The topological polar surface area (TPSA) is 61.9 Å². The van der Waals surface area contributed by atoms with E-state index in [1.165, 1.54) is 0 Å². The smallest absolute Gasteiger partial charge is 0.238 e. The number of piperazine rings is 1. The summed E-state index contributed by atoms with van der Waals surface area (Å²) >= 11 is 0. The second-order valence-corrected chi connectivity index (χ2v) is 8.22. The molecule has 3 aromatic carbocycles. The molecule has 1 saturated heterocycles. The highest BCUT2D eigenvalue weighted by Crippen LogP contribution is 2.29. The van der Waals surface area contributed by atoms with Crippen molar-refractivity contribution in [1.82, 2.24) is 9.80 Å². The van der Waals surface area contributed by atoms with Crippen LogP contribution in [0, 0.1) is 6.92 Å². The van der Waals surface area contributed by atoms with Gasteiger partial charge in [-0.05, 0) is 42.3 Å². The quantitative estimate of drug-likeness (QED) is 0.597. The van der Waals surface area contributed by atoms with Crippen molar-refractivity contribution in [3.63, 3.8) is 0 Å². The normalized spacial score (nSPS) is 14.0. The molecular formula is C27H29N3O3. The van der Waals surface area contributed by atoms with Gasteiger partial charge in [0.15, 0.2) is 5.75 Å². The van der Waals surface area contributed by atoms with Crippen LogP contribution in [0.1, 0.15) is 11.1 Å². The number of nitrogens with zero attached hydrogens (tertiary/aromatic N) is 2. The van der Waals surface area contributed by atoms with E-state index in [-0.39, 0.29) is 18.4 Å². The first-order valence-corrected chi connectivity index (χ1v) is 11.2. The van der Waals surface area contributed by atoms with Gasteiger partial charge in [-0.2, -0.15) is 0 Å². The van der Waals surface area contributed by atoms with Gasteiger partial charge >= 0.3 is 0 Å². The first-order valence-electron chi connectivity index (χ1n) is 11.2. The number of anilines is 1. The lowest BCUT2D eigenvalue weighted by atomic mass is 10.1. The minimum Gasteiger partial charge on any atom is -0.455 e. The van der Waals surface area contributed by atoms with Crippen LogP contribution in [0.3, 0.4) is 0 Å². The van der Waals surface area contributed by atoms with Crippen molar-refractivity contribution in [2.75, 3.05) is 38.0 Å². The first kappa shape index (κ1) is 22.6. The summed E-state index contributed by atoms with van der Waals surface area (Å²) in [5.41, 5.74) is 2.84. The Bertz CT molecular complexity index is 1090. The number of hydrogen-bond acceptors (Lipinski definition) is 4. The van der Waals surface area contributed by atoms with Crippen molar-refractivity contribution in [3.05, 3.63) is 90.0 Å². The van der Waals surface area contributed by atoms with Crippen LogP contribution >= 0.6 is 0 Å². The molecule has 0 aromatic heterocycles. The summed E-state index contributed by atoms with van der Waals surface area (Å²) in [7, 11) is 0. The molecule has 1 aliphatic rings. The lowest BCUT2D eigenvalue weighted by Crippen LogP contribution is -2.50. The van der Waals surface area contributed by atoms with Gasteiger partial charge < -0.3 is 15.0 Å². The summed E-state index contributed by atoms with van der Waals surface area (Å²) in [6, 6.07) is 24.9. The zero-order valence-electron chi connectivity index (χ0n) is 18.9. The predicted octanol–water partition coefficient (Wildman–Crippen LogP) is 4.11. The van der Waals surface area contributed by atoms with Gasteiger partial charge in [0.05, 0.1) is 18.7 Å². The lowest BCUT2D eigenvalue weighted by molar-refractivity contribution is -0.132. The van der Waals surface area contributed by atoms with Crippen LogP contribution in [0.15, 0.2) is 78.9 Å². The van der Waals surface area contributed by atoms with Crippen LogP contribution in [0.2, 0.25) is 0 Å². The van der Waals surface area contributed by atoms with Crippen molar-refractivity contribution >= 4 is 17.5 Å². The van der Waals surface area contributed by atoms with E-state index in [4.69, 9.17) is 4.74 Å². The number of aryl methyl sites for hydroxylation is 1. The number of rotatable bonds is 7. The summed E-state index contributed by atoms with van der Waals surface area (Å²) in [5.74, 6) is 1.36. The zero-order chi connectivity index (χ0) is 23.0. The Balaban J connectivity index is 1.27. The molecule has 0 unspecified atom stereocenters. The summed E-state index contributed by atoms with van der Waals surface area (Å²) in [6.45, 7) is 4.92. The second kappa shape index (κ2) is 10.8. The van der Waals surface area contributed by atoms with Crippen LogP contribution < -0.4 is 10.1 Å². The fourth-order valence-corrected chi connectivity index (χ4v) is 3.91. The standard InChI is InChI=1S/C27H29N3O3/c1-21-9-5-6-10-22(21)19-27(32)30-17-15-29(16-18-30)20-26(31)28-24-13-7-8-14-25(24)33-23-11-3-2-4-12-23/h2-14H,15-20H2,1H3,(H,28,31). The molecule has 1 heterocycles. The molecule has 0 spiro atoms. The molecule has 6 heteroatoms. The fourth-order valence-electron chi connectivity index (χ4n) is 3.91. The van der Waals surface area contributed by atoms with E-state index in [0.717, 1.165) is 11.1 Å². The van der Waals surface area contributed by atoms with E-state index < -0.39 is 0 Å². The maximum absolute atomic E-state index is 12.7. The third kappa shape index (κ3) is 6.20. The monoisotopic (exact) mass is 443 g/mol. The number of amides is 2. The maximum atomic E-state index is 12.7. The molecule has 1 aliphatic heterocycles. The molecule has 1 fully saturated rings. The first-order chi connectivity index (χ1) is 16.1. The van der Waals surface area contributed by atoms with E-state index in [0.29, 0.717) is 49.8 Å². The largest absolute Gasteiger partial charge is 0.455 e. The Hall–Kier alpha value is -3.64. The second-order valence-electron chi connectivity index (χ2n) is 8.22. The Morgan fingerprint density at radius 3 is 2.27 bits per heavy atom. The Morgan fingerprint density at radius 2 is 1.52 bits per heavy atom. The molecule has 4 rings (SSSR count). The van der Waals surface area contributed by atoms with Crippen molar-refractivity contribution in [1.29, 1.82) is 0 Å². The number of para-hydroxylation sites is 3. The van der Waals surface area contributed by atoms with Gasteiger partial charge in [-0.3, -0.25) is 14.5 Å². The molecular weight excluding hydrogens is 414 g/mol. The van der Waals surface area contributed by atoms with Crippen molar-refractivity contribution in [2.24, 2.45) is 0 Å². The maximum Gasteiger partial charge on any atom is 0.238 e. The van der Waals surface area contributed by atoms with Gasteiger partial charge in [-0.1, -0.05) is 54.6 Å². The molecule has 0 aliphatic carbocycles. The van der Waals surface area contributed by atoms with Gasteiger partial charge in [0.25, 0.3) is 0 Å². The molecule has 0 radical (unpaired) electrons. The van der Waals surface area contributed by atoms with E-state index >= 15 is 0 Å². The molecule has 2 amide bonds. The molecule has 0 saturated carbocycles. The molecule has 0 atom stereocenters. The van der Waals surface area contributed by atoms with Gasteiger partial charge in [-0.15, -0.1) is 0 Å². The third-order valence-electron chi connectivity index (χ3n) is 5.83. The highest BCUT2D eigenvalue weighted by Gasteiger charge is 2.23. The minimum absolute atomic E-state index is 0.0983. The van der Waals surface area contributed by atoms with E-state index in [9.17, 15) is 9.59 Å². The molecule has 170 valence electrons. The summed E-state index contributed by atoms with van der Waals surface area (Å²) in [4.78, 5) is 29.4. The van der Waals surface area contributed by atoms with E-state index in [2.05, 4.69) is 10.2 Å². The Morgan fingerprint density at radius 1 is 0.848 bits per heavy atom. The summed E-state index contributed by atoms with van der Waals surface area (Å²) < 4.78 is 5.93. The van der Waals surface area contributed by atoms with Gasteiger partial charge in [0, 0.05) is 26.2 Å². The molecule has 33 heavy (non-hydrogen) atoms. The highest BCUT2D eigenvalue weighted by molar-refractivity contribution is 5.93. The predicted molar refractivity (Wildman–Crippen MR) is 129 cm³/mol. The molecule has 0 bridgehead atoms. The van der Waals surface area contributed by atoms with Crippen LogP contribution in [-0.2, 0) is 16.0 Å². The van der Waals surface area contributed by atoms with Crippen molar-refractivity contribution in [3.8, 4) is 11.5 Å². The number of carbonyl (C=O) groups is 2. The van der Waals surface area contributed by atoms with Gasteiger partial charge in [0.2, 0.25) is 11.8 Å². The fraction of sp³-hybridized carbons (Fsp3) is 0.259. The van der Waals surface area contributed by atoms with E-state index in [1.54, 1.807) is 0 Å². The van der Waals surface area contributed by atoms with Crippen LogP contribution in [-0.4, -0.2) is 54.3 Å². The van der Waals surface area contributed by atoms with Gasteiger partial charge in [-0.25, -0.2) is 0 Å². The zero-order valence-corrected chi connectivity index (χ0v) is 18.9. The summed E-state index contributed by atoms with van der Waals surface area (Å²) in [5, 5.41) is 2.96. The average Bonchev–Trinajstić information content (AvgIpc) is 2.83. The minimum atomic E-state index is -0.0983. The Labute approximate surface area is 194 Å². The van der Waals surface area contributed by atoms with Crippen LogP contribution in [0.25, 0.3) is 0 Å². The highest BCUT2D eigenvalue weighted by atomic mass is 16.5. The van der Waals surface area contributed by atoms with Crippen molar-refractivity contribution < 1.29 is 14.3 Å². The molecule has 3 aromatic rings. The number of benzene rings is 3.